The number of nitrogens with zero attached hydrogens (tertiary/aromatic N) is 1. The number of benzene rings is 1. The van der Waals surface area contributed by atoms with Gasteiger partial charge in [-0.2, -0.15) is 0 Å². The van der Waals surface area contributed by atoms with Crippen molar-refractivity contribution in [3.05, 3.63) is 35.9 Å². The Morgan fingerprint density at radius 1 is 1.44 bits per heavy atom. The monoisotopic (exact) mass is 264 g/mol. The first-order chi connectivity index (χ1) is 8.51. The summed E-state index contributed by atoms with van der Waals surface area (Å²) in [6, 6.07) is 10.2. The SMILES string of the molecule is CC1(C)C(O)CCN1C(=S)NCc1ccccc1. The highest BCUT2D eigenvalue weighted by Crippen LogP contribution is 2.28. The summed E-state index contributed by atoms with van der Waals surface area (Å²) in [4.78, 5) is 2.08. The Morgan fingerprint density at radius 2 is 2.11 bits per heavy atom. The quantitative estimate of drug-likeness (QED) is 0.800. The van der Waals surface area contributed by atoms with Gasteiger partial charge in [-0.15, -0.1) is 0 Å². The van der Waals surface area contributed by atoms with Crippen LogP contribution in [0, 0.1) is 0 Å². The molecule has 1 aliphatic rings. The van der Waals surface area contributed by atoms with E-state index < -0.39 is 0 Å². The summed E-state index contributed by atoms with van der Waals surface area (Å²) in [6.45, 7) is 5.60. The lowest BCUT2D eigenvalue weighted by atomic mass is 9.99. The van der Waals surface area contributed by atoms with Gasteiger partial charge in [0, 0.05) is 13.1 Å². The summed E-state index contributed by atoms with van der Waals surface area (Å²) in [6.07, 6.45) is 0.467. The fourth-order valence-corrected chi connectivity index (χ4v) is 2.70. The van der Waals surface area contributed by atoms with E-state index in [1.165, 1.54) is 5.56 Å². The first kappa shape index (κ1) is 13.3. The number of rotatable bonds is 2. The molecule has 1 aliphatic heterocycles. The van der Waals surface area contributed by atoms with Crippen LogP contribution in [-0.4, -0.2) is 33.3 Å². The number of aliphatic hydroxyl groups excluding tert-OH is 1. The third-order valence-electron chi connectivity index (χ3n) is 3.67. The van der Waals surface area contributed by atoms with E-state index in [1.807, 2.05) is 32.0 Å². The second-order valence-corrected chi connectivity index (χ2v) is 5.64. The Hall–Kier alpha value is -1.13. The summed E-state index contributed by atoms with van der Waals surface area (Å²) in [5.41, 5.74) is 0.929. The molecule has 2 rings (SSSR count). The van der Waals surface area contributed by atoms with Crippen LogP contribution >= 0.6 is 12.2 Å². The molecule has 98 valence electrons. The van der Waals surface area contributed by atoms with E-state index in [-0.39, 0.29) is 11.6 Å². The maximum absolute atomic E-state index is 9.93. The van der Waals surface area contributed by atoms with Crippen molar-refractivity contribution >= 4 is 17.3 Å². The third-order valence-corrected chi connectivity index (χ3v) is 4.03. The second kappa shape index (κ2) is 5.24. The number of aliphatic hydroxyl groups is 1. The zero-order valence-corrected chi connectivity index (χ0v) is 11.7. The highest BCUT2D eigenvalue weighted by atomic mass is 32.1. The van der Waals surface area contributed by atoms with Gasteiger partial charge in [0.1, 0.15) is 0 Å². The highest BCUT2D eigenvalue weighted by Gasteiger charge is 2.41. The van der Waals surface area contributed by atoms with Gasteiger partial charge >= 0.3 is 0 Å². The lowest BCUT2D eigenvalue weighted by Gasteiger charge is -2.35. The van der Waals surface area contributed by atoms with Crippen molar-refractivity contribution in [3.63, 3.8) is 0 Å². The molecular formula is C14H20N2OS. The van der Waals surface area contributed by atoms with Crippen molar-refractivity contribution in [3.8, 4) is 0 Å². The summed E-state index contributed by atoms with van der Waals surface area (Å²) in [5, 5.41) is 13.9. The van der Waals surface area contributed by atoms with E-state index in [0.717, 1.165) is 24.6 Å². The largest absolute Gasteiger partial charge is 0.391 e. The molecule has 1 aromatic carbocycles. The third kappa shape index (κ3) is 2.65. The van der Waals surface area contributed by atoms with Crippen LogP contribution in [0.1, 0.15) is 25.8 Å². The highest BCUT2D eigenvalue weighted by molar-refractivity contribution is 7.80. The Balaban J connectivity index is 1.93. The van der Waals surface area contributed by atoms with Gasteiger partial charge in [-0.05, 0) is 38.0 Å². The Bertz CT molecular complexity index is 419. The van der Waals surface area contributed by atoms with Crippen LogP contribution in [0.4, 0.5) is 0 Å². The molecule has 0 saturated carbocycles. The molecule has 1 fully saturated rings. The molecule has 1 heterocycles. The number of nitrogens with one attached hydrogen (secondary N) is 1. The van der Waals surface area contributed by atoms with E-state index in [0.29, 0.717) is 0 Å². The van der Waals surface area contributed by atoms with E-state index in [1.54, 1.807) is 0 Å². The van der Waals surface area contributed by atoms with E-state index >= 15 is 0 Å². The standard InChI is InChI=1S/C14H20N2OS/c1-14(2)12(17)8-9-16(14)13(18)15-10-11-6-4-3-5-7-11/h3-7,12,17H,8-10H2,1-2H3,(H,15,18). The predicted octanol–water partition coefficient (Wildman–Crippen LogP) is 1.91. The van der Waals surface area contributed by atoms with Gasteiger partial charge in [0.2, 0.25) is 0 Å². The molecular weight excluding hydrogens is 244 g/mol. The summed E-state index contributed by atoms with van der Waals surface area (Å²) < 4.78 is 0. The van der Waals surface area contributed by atoms with Crippen molar-refractivity contribution in [2.24, 2.45) is 0 Å². The minimum atomic E-state index is -0.311. The molecule has 0 aromatic heterocycles. The summed E-state index contributed by atoms with van der Waals surface area (Å²) in [5.74, 6) is 0. The van der Waals surface area contributed by atoms with Crippen LogP contribution in [0.15, 0.2) is 30.3 Å². The van der Waals surface area contributed by atoms with Crippen LogP contribution in [-0.2, 0) is 6.54 Å². The lowest BCUT2D eigenvalue weighted by Crippen LogP contribution is -2.51. The topological polar surface area (TPSA) is 35.5 Å². The maximum atomic E-state index is 9.93. The maximum Gasteiger partial charge on any atom is 0.169 e. The van der Waals surface area contributed by atoms with E-state index in [2.05, 4.69) is 22.3 Å². The van der Waals surface area contributed by atoms with Gasteiger partial charge in [-0.1, -0.05) is 30.3 Å². The summed E-state index contributed by atoms with van der Waals surface area (Å²) in [7, 11) is 0. The number of thiocarbonyl (C=S) groups is 1. The number of hydrogen-bond donors (Lipinski definition) is 2. The van der Waals surface area contributed by atoms with Crippen LogP contribution in [0.2, 0.25) is 0 Å². The fraction of sp³-hybridized carbons (Fsp3) is 0.500. The minimum absolute atomic E-state index is 0.277. The number of hydrogen-bond acceptors (Lipinski definition) is 2. The molecule has 1 atom stereocenters. The molecule has 0 amide bonds. The molecule has 3 nitrogen and oxygen atoms in total. The Labute approximate surface area is 114 Å². The van der Waals surface area contributed by atoms with Crippen molar-refractivity contribution in [2.75, 3.05) is 6.54 Å². The first-order valence-electron chi connectivity index (χ1n) is 6.29. The average Bonchev–Trinajstić information content (AvgIpc) is 2.63. The van der Waals surface area contributed by atoms with Crippen LogP contribution in [0.25, 0.3) is 0 Å². The van der Waals surface area contributed by atoms with Gasteiger partial charge in [0.05, 0.1) is 11.6 Å². The average molecular weight is 264 g/mol. The molecule has 1 saturated heterocycles. The molecule has 1 aromatic rings. The molecule has 2 N–H and O–H groups in total. The second-order valence-electron chi connectivity index (χ2n) is 5.25. The molecule has 4 heteroatoms. The predicted molar refractivity (Wildman–Crippen MR) is 77.3 cm³/mol. The van der Waals surface area contributed by atoms with Crippen molar-refractivity contribution in [1.82, 2.24) is 10.2 Å². The minimum Gasteiger partial charge on any atom is -0.391 e. The van der Waals surface area contributed by atoms with E-state index in [9.17, 15) is 5.11 Å². The molecule has 0 bridgehead atoms. The normalized spacial score (nSPS) is 21.9. The van der Waals surface area contributed by atoms with Crippen LogP contribution < -0.4 is 5.32 Å². The van der Waals surface area contributed by atoms with Crippen LogP contribution in [0.3, 0.4) is 0 Å². The molecule has 18 heavy (non-hydrogen) atoms. The summed E-state index contributed by atoms with van der Waals surface area (Å²) >= 11 is 5.42. The fourth-order valence-electron chi connectivity index (χ4n) is 2.30. The van der Waals surface area contributed by atoms with Crippen molar-refractivity contribution in [1.29, 1.82) is 0 Å². The molecule has 0 spiro atoms. The van der Waals surface area contributed by atoms with Gasteiger partial charge in [-0.25, -0.2) is 0 Å². The first-order valence-corrected chi connectivity index (χ1v) is 6.70. The molecule has 1 unspecified atom stereocenters. The van der Waals surface area contributed by atoms with Crippen molar-refractivity contribution in [2.45, 2.75) is 38.5 Å². The van der Waals surface area contributed by atoms with E-state index in [4.69, 9.17) is 12.2 Å². The number of likely N-dealkylation sites (tertiary alicyclic amines) is 1. The zero-order chi connectivity index (χ0) is 13.2. The zero-order valence-electron chi connectivity index (χ0n) is 10.9. The van der Waals surface area contributed by atoms with Crippen LogP contribution in [0.5, 0.6) is 0 Å². The Kier molecular flexibility index (Phi) is 3.88. The van der Waals surface area contributed by atoms with Gasteiger partial charge < -0.3 is 15.3 Å². The van der Waals surface area contributed by atoms with Gasteiger partial charge in [-0.3, -0.25) is 0 Å². The molecule has 0 radical (unpaired) electrons. The van der Waals surface area contributed by atoms with Gasteiger partial charge in [0.25, 0.3) is 0 Å². The Morgan fingerprint density at radius 3 is 2.67 bits per heavy atom. The van der Waals surface area contributed by atoms with Crippen molar-refractivity contribution < 1.29 is 5.11 Å². The van der Waals surface area contributed by atoms with Gasteiger partial charge in [0.15, 0.2) is 5.11 Å². The lowest BCUT2D eigenvalue weighted by molar-refractivity contribution is 0.0852. The smallest absolute Gasteiger partial charge is 0.169 e. The molecule has 0 aliphatic carbocycles.